The summed E-state index contributed by atoms with van der Waals surface area (Å²) < 4.78 is 11.2. The number of pyridine rings is 2. The molecule has 1 fully saturated rings. The third kappa shape index (κ3) is 2.62. The molecule has 2 aliphatic heterocycles. The highest BCUT2D eigenvalue weighted by molar-refractivity contribution is 5.81. The van der Waals surface area contributed by atoms with Gasteiger partial charge in [-0.25, -0.2) is 4.98 Å². The molecule has 1 N–H and O–H groups in total. The molecule has 1 saturated heterocycles. The van der Waals surface area contributed by atoms with Gasteiger partial charge in [-0.05, 0) is 26.1 Å². The highest BCUT2D eigenvalue weighted by atomic mass is 16.5. The molecule has 2 aromatic rings. The highest BCUT2D eigenvalue weighted by Gasteiger charge is 2.31. The lowest BCUT2D eigenvalue weighted by Crippen LogP contribution is -2.32. The Kier molecular flexibility index (Phi) is 3.79. The third-order valence-corrected chi connectivity index (χ3v) is 4.91. The topological polar surface area (TPSA) is 59.5 Å². The number of hydrogen-bond donors (Lipinski definition) is 1. The SMILES string of the molecule is CN[C@H]1CCN(CC2COc3cnc4ccc(OC)nc4c32)C1. The Balaban J connectivity index is 1.65. The maximum absolute atomic E-state index is 5.87. The molecule has 0 saturated carbocycles. The van der Waals surface area contributed by atoms with Crippen molar-refractivity contribution in [2.75, 3.05) is 40.4 Å². The van der Waals surface area contributed by atoms with Crippen molar-refractivity contribution in [1.29, 1.82) is 0 Å². The lowest BCUT2D eigenvalue weighted by atomic mass is 10.00. The molecule has 0 aliphatic carbocycles. The van der Waals surface area contributed by atoms with Crippen LogP contribution in [-0.2, 0) is 0 Å². The van der Waals surface area contributed by atoms with E-state index in [0.29, 0.717) is 24.4 Å². The molecule has 4 rings (SSSR count). The number of nitrogens with one attached hydrogen (secondary N) is 1. The van der Waals surface area contributed by atoms with Gasteiger partial charge in [0.2, 0.25) is 5.88 Å². The molecule has 2 aliphatic rings. The Labute approximate surface area is 135 Å². The number of rotatable bonds is 4. The van der Waals surface area contributed by atoms with Crippen molar-refractivity contribution in [1.82, 2.24) is 20.2 Å². The van der Waals surface area contributed by atoms with Crippen LogP contribution in [0.2, 0.25) is 0 Å². The summed E-state index contributed by atoms with van der Waals surface area (Å²) in [6.45, 7) is 3.94. The Bertz CT molecular complexity index is 721. The van der Waals surface area contributed by atoms with Gasteiger partial charge < -0.3 is 19.7 Å². The van der Waals surface area contributed by atoms with Gasteiger partial charge >= 0.3 is 0 Å². The minimum atomic E-state index is 0.339. The normalized spacial score (nSPS) is 23.9. The summed E-state index contributed by atoms with van der Waals surface area (Å²) in [5.41, 5.74) is 2.99. The summed E-state index contributed by atoms with van der Waals surface area (Å²) in [6.07, 6.45) is 3.03. The van der Waals surface area contributed by atoms with Gasteiger partial charge in [0.25, 0.3) is 0 Å². The van der Waals surface area contributed by atoms with E-state index in [1.54, 1.807) is 7.11 Å². The smallest absolute Gasteiger partial charge is 0.213 e. The number of hydrogen-bond acceptors (Lipinski definition) is 6. The van der Waals surface area contributed by atoms with Crippen molar-refractivity contribution in [2.45, 2.75) is 18.4 Å². The highest BCUT2D eigenvalue weighted by Crippen LogP contribution is 2.38. The zero-order valence-corrected chi connectivity index (χ0v) is 13.6. The van der Waals surface area contributed by atoms with E-state index in [9.17, 15) is 0 Å². The average molecular weight is 314 g/mol. The van der Waals surface area contributed by atoms with Gasteiger partial charge in [0.05, 0.1) is 25.4 Å². The number of likely N-dealkylation sites (tertiary alicyclic amines) is 1. The van der Waals surface area contributed by atoms with Crippen LogP contribution < -0.4 is 14.8 Å². The van der Waals surface area contributed by atoms with Crippen molar-refractivity contribution in [2.24, 2.45) is 0 Å². The Morgan fingerprint density at radius 3 is 3.13 bits per heavy atom. The number of likely N-dealkylation sites (N-methyl/N-ethyl adjacent to an activating group) is 1. The first-order valence-corrected chi connectivity index (χ1v) is 8.14. The van der Waals surface area contributed by atoms with Gasteiger partial charge in [-0.1, -0.05) is 0 Å². The summed E-state index contributed by atoms with van der Waals surface area (Å²) in [7, 11) is 3.68. The molecule has 0 spiro atoms. The summed E-state index contributed by atoms with van der Waals surface area (Å²) in [4.78, 5) is 11.6. The summed E-state index contributed by atoms with van der Waals surface area (Å²) in [6, 6.07) is 4.41. The lowest BCUT2D eigenvalue weighted by molar-refractivity contribution is 0.264. The number of nitrogens with zero attached hydrogens (tertiary/aromatic N) is 3. The second kappa shape index (κ2) is 5.94. The first kappa shape index (κ1) is 14.7. The van der Waals surface area contributed by atoms with Crippen molar-refractivity contribution in [3.8, 4) is 11.6 Å². The van der Waals surface area contributed by atoms with Crippen LogP contribution in [0.4, 0.5) is 0 Å². The van der Waals surface area contributed by atoms with Gasteiger partial charge in [-0.2, -0.15) is 0 Å². The van der Waals surface area contributed by atoms with Crippen LogP contribution in [0.3, 0.4) is 0 Å². The summed E-state index contributed by atoms with van der Waals surface area (Å²) >= 11 is 0. The van der Waals surface area contributed by atoms with Crippen LogP contribution in [0.5, 0.6) is 11.6 Å². The fraction of sp³-hybridized carbons (Fsp3) is 0.529. The van der Waals surface area contributed by atoms with Crippen LogP contribution in [-0.4, -0.2) is 61.3 Å². The van der Waals surface area contributed by atoms with Crippen molar-refractivity contribution in [3.63, 3.8) is 0 Å². The monoisotopic (exact) mass is 314 g/mol. The van der Waals surface area contributed by atoms with E-state index >= 15 is 0 Å². The summed E-state index contributed by atoms with van der Waals surface area (Å²) in [5, 5.41) is 3.37. The second-order valence-corrected chi connectivity index (χ2v) is 6.30. The van der Waals surface area contributed by atoms with Crippen molar-refractivity contribution in [3.05, 3.63) is 23.9 Å². The molecule has 0 aromatic carbocycles. The zero-order chi connectivity index (χ0) is 15.8. The number of ether oxygens (including phenoxy) is 2. The second-order valence-electron chi connectivity index (χ2n) is 6.30. The van der Waals surface area contributed by atoms with E-state index in [4.69, 9.17) is 9.47 Å². The molecular weight excluding hydrogens is 292 g/mol. The molecule has 6 nitrogen and oxygen atoms in total. The zero-order valence-electron chi connectivity index (χ0n) is 13.6. The van der Waals surface area contributed by atoms with Crippen LogP contribution >= 0.6 is 0 Å². The fourth-order valence-electron chi connectivity index (χ4n) is 3.64. The molecule has 2 atom stereocenters. The first-order valence-electron chi connectivity index (χ1n) is 8.14. The van der Waals surface area contributed by atoms with Crippen LogP contribution in [0.15, 0.2) is 18.3 Å². The molecular formula is C17H22N4O2. The predicted molar refractivity (Wildman–Crippen MR) is 88.2 cm³/mol. The molecule has 4 heterocycles. The average Bonchev–Trinajstić information content (AvgIpc) is 3.21. The number of methoxy groups -OCH3 is 1. The molecule has 122 valence electrons. The molecule has 0 amide bonds. The van der Waals surface area contributed by atoms with Crippen molar-refractivity contribution < 1.29 is 9.47 Å². The van der Waals surface area contributed by atoms with Gasteiger partial charge in [0.15, 0.2) is 0 Å². The molecule has 0 radical (unpaired) electrons. The van der Waals surface area contributed by atoms with Crippen LogP contribution in [0, 0.1) is 0 Å². The van der Waals surface area contributed by atoms with E-state index in [-0.39, 0.29) is 0 Å². The predicted octanol–water partition coefficient (Wildman–Crippen LogP) is 1.41. The minimum Gasteiger partial charge on any atom is -0.491 e. The third-order valence-electron chi connectivity index (χ3n) is 4.91. The Hall–Kier alpha value is -1.92. The first-order chi connectivity index (χ1) is 11.3. The molecule has 23 heavy (non-hydrogen) atoms. The maximum atomic E-state index is 5.87. The Morgan fingerprint density at radius 1 is 1.43 bits per heavy atom. The summed E-state index contributed by atoms with van der Waals surface area (Å²) in [5.74, 6) is 1.83. The fourth-order valence-corrected chi connectivity index (χ4v) is 3.64. The number of aromatic nitrogens is 2. The van der Waals surface area contributed by atoms with Gasteiger partial charge in [-0.15, -0.1) is 0 Å². The van der Waals surface area contributed by atoms with Gasteiger partial charge in [0, 0.05) is 36.7 Å². The maximum Gasteiger partial charge on any atom is 0.213 e. The van der Waals surface area contributed by atoms with Crippen LogP contribution in [0.25, 0.3) is 11.0 Å². The number of fused-ring (bicyclic) bond motifs is 3. The van der Waals surface area contributed by atoms with E-state index < -0.39 is 0 Å². The standard InChI is InChI=1S/C17H22N4O2/c1-18-12-5-6-21(9-12)8-11-10-23-14-7-19-13-3-4-15(22-2)20-17(13)16(11)14/h3-4,7,11-12,18H,5-6,8-10H2,1-2H3/t11?,12-/m0/s1. The van der Waals surface area contributed by atoms with Gasteiger partial charge in [0.1, 0.15) is 11.3 Å². The minimum absolute atomic E-state index is 0.339. The molecule has 2 aromatic heterocycles. The van der Waals surface area contributed by atoms with Crippen molar-refractivity contribution >= 4 is 11.0 Å². The largest absolute Gasteiger partial charge is 0.491 e. The Morgan fingerprint density at radius 2 is 2.35 bits per heavy atom. The molecule has 0 bridgehead atoms. The van der Waals surface area contributed by atoms with Gasteiger partial charge in [-0.3, -0.25) is 4.98 Å². The quantitative estimate of drug-likeness (QED) is 0.921. The van der Waals surface area contributed by atoms with E-state index in [1.165, 1.54) is 12.0 Å². The van der Waals surface area contributed by atoms with Crippen LogP contribution in [0.1, 0.15) is 17.9 Å². The molecule has 6 heteroatoms. The van der Waals surface area contributed by atoms with E-state index in [2.05, 4.69) is 20.2 Å². The van der Waals surface area contributed by atoms with E-state index in [1.807, 2.05) is 25.4 Å². The van der Waals surface area contributed by atoms with E-state index in [0.717, 1.165) is 36.4 Å². The lowest BCUT2D eigenvalue weighted by Gasteiger charge is -2.20. The molecule has 1 unspecified atom stereocenters.